The average Bonchev–Trinajstić information content (AvgIpc) is 2.79. The Morgan fingerprint density at radius 2 is 2.31 bits per heavy atom. The second-order valence-corrected chi connectivity index (χ2v) is 3.29. The van der Waals surface area contributed by atoms with Gasteiger partial charge in [0, 0.05) is 5.92 Å². The molecular weight excluding hydrogens is 168 g/mol. The molecule has 2 atom stereocenters. The number of carbonyl (C=O) groups is 2. The predicted octanol–water partition coefficient (Wildman–Crippen LogP) is 1.33. The van der Waals surface area contributed by atoms with Gasteiger partial charge in [-0.25, -0.2) is 0 Å². The maximum Gasteiger partial charge on any atom is 0.320 e. The Balaban J connectivity index is 2.77. The molecule has 1 fully saturated rings. The van der Waals surface area contributed by atoms with Crippen molar-refractivity contribution in [2.45, 2.75) is 20.3 Å². The Hall–Kier alpha value is -1.12. The lowest BCUT2D eigenvalue weighted by atomic mass is 9.99. The molecule has 0 N–H and O–H groups in total. The van der Waals surface area contributed by atoms with Crippen LogP contribution in [0.5, 0.6) is 0 Å². The Labute approximate surface area is 77.8 Å². The zero-order chi connectivity index (χ0) is 10.1. The van der Waals surface area contributed by atoms with Crippen LogP contribution in [0.25, 0.3) is 0 Å². The average molecular weight is 182 g/mol. The number of Topliss-reactive ketones (excluding diaryl/α,β-unsaturated/α-hetero) is 1. The van der Waals surface area contributed by atoms with E-state index in [1.54, 1.807) is 13.0 Å². The minimum absolute atomic E-state index is 0.0240. The fourth-order valence-corrected chi connectivity index (χ4v) is 1.62. The highest BCUT2D eigenvalue weighted by molar-refractivity contribution is 6.06. The standard InChI is InChI=1S/C10H14O3/c1-4-8-6-10(8,7(3)11)9(12)13-5-2/h4,8H,1,5-6H2,2-3H3/t8-,10+/m1/s1. The van der Waals surface area contributed by atoms with Crippen molar-refractivity contribution >= 4 is 11.8 Å². The first-order valence-corrected chi connectivity index (χ1v) is 4.40. The first-order valence-electron chi connectivity index (χ1n) is 4.40. The van der Waals surface area contributed by atoms with E-state index in [4.69, 9.17) is 4.74 Å². The van der Waals surface area contributed by atoms with Gasteiger partial charge in [-0.2, -0.15) is 0 Å². The predicted molar refractivity (Wildman–Crippen MR) is 48.1 cm³/mol. The topological polar surface area (TPSA) is 43.4 Å². The minimum Gasteiger partial charge on any atom is -0.465 e. The molecule has 72 valence electrons. The van der Waals surface area contributed by atoms with Crippen molar-refractivity contribution in [2.75, 3.05) is 6.61 Å². The van der Waals surface area contributed by atoms with Gasteiger partial charge in [-0.1, -0.05) is 6.08 Å². The van der Waals surface area contributed by atoms with Crippen LogP contribution in [0.2, 0.25) is 0 Å². The summed E-state index contributed by atoms with van der Waals surface area (Å²) in [4.78, 5) is 22.7. The molecule has 3 heteroatoms. The highest BCUT2D eigenvalue weighted by Crippen LogP contribution is 2.54. The smallest absolute Gasteiger partial charge is 0.320 e. The number of hydrogen-bond acceptors (Lipinski definition) is 3. The molecule has 0 aromatic carbocycles. The first-order chi connectivity index (χ1) is 6.09. The summed E-state index contributed by atoms with van der Waals surface area (Å²) in [6.07, 6.45) is 2.21. The van der Waals surface area contributed by atoms with E-state index in [0.29, 0.717) is 13.0 Å². The van der Waals surface area contributed by atoms with Gasteiger partial charge in [0.05, 0.1) is 6.61 Å². The maximum atomic E-state index is 11.4. The van der Waals surface area contributed by atoms with Gasteiger partial charge in [0.15, 0.2) is 0 Å². The summed E-state index contributed by atoms with van der Waals surface area (Å²) in [6, 6.07) is 0. The van der Waals surface area contributed by atoms with Crippen LogP contribution in [-0.4, -0.2) is 18.4 Å². The fourth-order valence-electron chi connectivity index (χ4n) is 1.62. The zero-order valence-electron chi connectivity index (χ0n) is 8.00. The van der Waals surface area contributed by atoms with Gasteiger partial charge >= 0.3 is 5.97 Å². The van der Waals surface area contributed by atoms with Crippen molar-refractivity contribution in [3.8, 4) is 0 Å². The van der Waals surface area contributed by atoms with E-state index in [9.17, 15) is 9.59 Å². The lowest BCUT2D eigenvalue weighted by molar-refractivity contribution is -0.153. The van der Waals surface area contributed by atoms with Gasteiger partial charge in [-0.15, -0.1) is 6.58 Å². The summed E-state index contributed by atoms with van der Waals surface area (Å²) < 4.78 is 4.86. The van der Waals surface area contributed by atoms with Crippen LogP contribution in [0.3, 0.4) is 0 Å². The van der Waals surface area contributed by atoms with E-state index in [-0.39, 0.29) is 11.7 Å². The number of esters is 1. The molecule has 1 aliphatic carbocycles. The van der Waals surface area contributed by atoms with E-state index in [2.05, 4.69) is 6.58 Å². The second-order valence-electron chi connectivity index (χ2n) is 3.29. The summed E-state index contributed by atoms with van der Waals surface area (Å²) >= 11 is 0. The lowest BCUT2D eigenvalue weighted by Gasteiger charge is -2.10. The fraction of sp³-hybridized carbons (Fsp3) is 0.600. The molecule has 1 saturated carbocycles. The summed E-state index contributed by atoms with van der Waals surface area (Å²) in [5.41, 5.74) is -0.891. The highest BCUT2D eigenvalue weighted by Gasteiger charge is 2.63. The molecule has 0 aromatic rings. The molecule has 13 heavy (non-hydrogen) atoms. The van der Waals surface area contributed by atoms with Gasteiger partial charge in [0.2, 0.25) is 0 Å². The van der Waals surface area contributed by atoms with Gasteiger partial charge in [0.25, 0.3) is 0 Å². The normalized spacial score (nSPS) is 30.8. The third-order valence-corrected chi connectivity index (χ3v) is 2.57. The SMILES string of the molecule is C=C[C@@H]1C[C@@]1(C(C)=O)C(=O)OCC. The van der Waals surface area contributed by atoms with Crippen LogP contribution >= 0.6 is 0 Å². The number of hydrogen-bond donors (Lipinski definition) is 0. The summed E-state index contributed by atoms with van der Waals surface area (Å²) in [5.74, 6) is -0.535. The van der Waals surface area contributed by atoms with Crippen molar-refractivity contribution in [2.24, 2.45) is 11.3 Å². The van der Waals surface area contributed by atoms with Crippen LogP contribution in [0.15, 0.2) is 12.7 Å². The molecule has 0 amide bonds. The summed E-state index contributed by atoms with van der Waals surface area (Å²) in [5, 5.41) is 0. The molecule has 0 unspecified atom stereocenters. The molecule has 1 aliphatic rings. The van der Waals surface area contributed by atoms with Gasteiger partial charge < -0.3 is 4.74 Å². The Morgan fingerprint density at radius 3 is 2.62 bits per heavy atom. The van der Waals surface area contributed by atoms with Crippen molar-refractivity contribution in [3.05, 3.63) is 12.7 Å². The Bertz CT molecular complexity index is 257. The Kier molecular flexibility index (Phi) is 2.55. The number of ether oxygens (including phenoxy) is 1. The van der Waals surface area contributed by atoms with Gasteiger partial charge in [0.1, 0.15) is 11.2 Å². The molecule has 0 radical (unpaired) electrons. The molecule has 0 aliphatic heterocycles. The number of ketones is 1. The van der Waals surface area contributed by atoms with Crippen LogP contribution < -0.4 is 0 Å². The van der Waals surface area contributed by atoms with Crippen LogP contribution in [0.1, 0.15) is 20.3 Å². The number of rotatable bonds is 4. The monoisotopic (exact) mass is 182 g/mol. The molecule has 1 rings (SSSR count). The Morgan fingerprint density at radius 1 is 1.69 bits per heavy atom. The molecule has 3 nitrogen and oxygen atoms in total. The zero-order valence-corrected chi connectivity index (χ0v) is 8.00. The molecule has 0 spiro atoms. The molecular formula is C10H14O3. The van der Waals surface area contributed by atoms with Crippen molar-refractivity contribution in [1.82, 2.24) is 0 Å². The highest BCUT2D eigenvalue weighted by atomic mass is 16.5. The van der Waals surface area contributed by atoms with Crippen LogP contribution in [0.4, 0.5) is 0 Å². The number of carbonyl (C=O) groups excluding carboxylic acids is 2. The first kappa shape index (κ1) is 9.96. The number of allylic oxidation sites excluding steroid dienone is 1. The van der Waals surface area contributed by atoms with Crippen molar-refractivity contribution < 1.29 is 14.3 Å². The van der Waals surface area contributed by atoms with E-state index < -0.39 is 11.4 Å². The van der Waals surface area contributed by atoms with E-state index in [1.165, 1.54) is 6.92 Å². The van der Waals surface area contributed by atoms with E-state index in [0.717, 1.165) is 0 Å². The maximum absolute atomic E-state index is 11.4. The second kappa shape index (κ2) is 3.32. The minimum atomic E-state index is -0.891. The van der Waals surface area contributed by atoms with Crippen molar-refractivity contribution in [3.63, 3.8) is 0 Å². The third kappa shape index (κ3) is 1.39. The van der Waals surface area contributed by atoms with E-state index >= 15 is 0 Å². The van der Waals surface area contributed by atoms with Crippen LogP contribution in [-0.2, 0) is 14.3 Å². The quantitative estimate of drug-likeness (QED) is 0.374. The summed E-state index contributed by atoms with van der Waals surface area (Å²) in [6.45, 7) is 7.06. The molecule has 0 bridgehead atoms. The third-order valence-electron chi connectivity index (χ3n) is 2.57. The molecule has 0 aromatic heterocycles. The van der Waals surface area contributed by atoms with Gasteiger partial charge in [-0.05, 0) is 20.3 Å². The lowest BCUT2D eigenvalue weighted by Crippen LogP contribution is -2.27. The molecule has 0 heterocycles. The largest absolute Gasteiger partial charge is 0.465 e. The van der Waals surface area contributed by atoms with E-state index in [1.807, 2.05) is 0 Å². The summed E-state index contributed by atoms with van der Waals surface area (Å²) in [7, 11) is 0. The molecule has 0 saturated heterocycles. The van der Waals surface area contributed by atoms with Crippen LogP contribution in [0, 0.1) is 11.3 Å². The van der Waals surface area contributed by atoms with Crippen molar-refractivity contribution in [1.29, 1.82) is 0 Å². The van der Waals surface area contributed by atoms with Gasteiger partial charge in [-0.3, -0.25) is 9.59 Å².